The molecule has 162 valence electrons. The average molecular weight is 424 g/mol. The molecule has 0 spiro atoms. The van der Waals surface area contributed by atoms with Gasteiger partial charge in [-0.15, -0.1) is 0 Å². The minimum atomic E-state index is -3.62. The van der Waals surface area contributed by atoms with Gasteiger partial charge in [0.2, 0.25) is 15.9 Å². The quantitative estimate of drug-likeness (QED) is 0.726. The summed E-state index contributed by atoms with van der Waals surface area (Å²) in [5, 5.41) is 0. The fraction of sp³-hybridized carbons (Fsp3) is 0.667. The third kappa shape index (κ3) is 5.17. The van der Waals surface area contributed by atoms with Crippen molar-refractivity contribution < 1.29 is 17.9 Å². The minimum Gasteiger partial charge on any atom is -0.379 e. The van der Waals surface area contributed by atoms with Gasteiger partial charge in [-0.05, 0) is 49.4 Å². The van der Waals surface area contributed by atoms with Crippen molar-refractivity contribution in [2.75, 3.05) is 37.7 Å². The Morgan fingerprint density at radius 1 is 1.28 bits per heavy atom. The maximum Gasteiger partial charge on any atom is 0.240 e. The van der Waals surface area contributed by atoms with Crippen LogP contribution in [0.5, 0.6) is 0 Å². The smallest absolute Gasteiger partial charge is 0.240 e. The second-order valence-electron chi connectivity index (χ2n) is 8.52. The zero-order valence-corrected chi connectivity index (χ0v) is 18.7. The molecule has 0 aliphatic carbocycles. The fourth-order valence-electron chi connectivity index (χ4n) is 4.39. The number of anilines is 1. The van der Waals surface area contributed by atoms with Gasteiger partial charge >= 0.3 is 0 Å². The highest BCUT2D eigenvalue weighted by Crippen LogP contribution is 2.33. The van der Waals surface area contributed by atoms with Crippen molar-refractivity contribution in [1.82, 2.24) is 9.62 Å². The third-order valence-electron chi connectivity index (χ3n) is 5.73. The van der Waals surface area contributed by atoms with E-state index in [-0.39, 0.29) is 22.9 Å². The van der Waals surface area contributed by atoms with Crippen LogP contribution in [0.4, 0.5) is 5.69 Å². The second-order valence-corrected chi connectivity index (χ2v) is 10.3. The Hall–Kier alpha value is -1.48. The summed E-state index contributed by atoms with van der Waals surface area (Å²) < 4.78 is 34.2. The Morgan fingerprint density at radius 2 is 1.97 bits per heavy atom. The summed E-state index contributed by atoms with van der Waals surface area (Å²) >= 11 is 0. The number of fused-ring (bicyclic) bond motifs is 1. The van der Waals surface area contributed by atoms with E-state index in [0.717, 1.165) is 30.8 Å². The van der Waals surface area contributed by atoms with Crippen molar-refractivity contribution in [3.8, 4) is 0 Å². The molecule has 1 fully saturated rings. The van der Waals surface area contributed by atoms with Crippen LogP contribution in [0.15, 0.2) is 23.1 Å². The Morgan fingerprint density at radius 3 is 2.59 bits per heavy atom. The molecule has 1 saturated heterocycles. The number of nitrogens with zero attached hydrogens (tertiary/aromatic N) is 2. The summed E-state index contributed by atoms with van der Waals surface area (Å²) in [6.45, 7) is 11.3. The molecular weight excluding hydrogens is 390 g/mol. The normalized spacial score (nSPS) is 21.4. The van der Waals surface area contributed by atoms with Crippen LogP contribution in [-0.2, 0) is 26.0 Å². The fourth-order valence-corrected chi connectivity index (χ4v) is 5.52. The van der Waals surface area contributed by atoms with Gasteiger partial charge in [-0.3, -0.25) is 9.69 Å². The molecule has 0 radical (unpaired) electrons. The van der Waals surface area contributed by atoms with Crippen LogP contribution in [0.3, 0.4) is 0 Å². The summed E-state index contributed by atoms with van der Waals surface area (Å²) in [6, 6.07) is 5.26. The van der Waals surface area contributed by atoms with Crippen molar-refractivity contribution in [3.05, 3.63) is 23.8 Å². The lowest BCUT2D eigenvalue weighted by molar-refractivity contribution is -0.116. The monoisotopic (exact) mass is 423 g/mol. The standard InChI is InChI=1S/C21H33N3O4S/c1-15(2)11-19(23-7-9-28-10-8-23)14-22-29(26,27)20-5-6-21-18(13-20)12-16(3)24(21)17(4)25/h5-6,13,15-16,19,22H,7-12,14H2,1-4H3. The van der Waals surface area contributed by atoms with Crippen LogP contribution in [0.25, 0.3) is 0 Å². The topological polar surface area (TPSA) is 79.0 Å². The van der Waals surface area contributed by atoms with Crippen LogP contribution < -0.4 is 9.62 Å². The highest BCUT2D eigenvalue weighted by molar-refractivity contribution is 7.89. The largest absolute Gasteiger partial charge is 0.379 e. The average Bonchev–Trinajstić information content (AvgIpc) is 3.00. The van der Waals surface area contributed by atoms with Crippen LogP contribution in [-0.4, -0.2) is 64.2 Å². The number of benzene rings is 1. The van der Waals surface area contributed by atoms with Crippen LogP contribution in [0, 0.1) is 5.92 Å². The van der Waals surface area contributed by atoms with Crippen molar-refractivity contribution >= 4 is 21.6 Å². The summed E-state index contributed by atoms with van der Waals surface area (Å²) in [7, 11) is -3.62. The van der Waals surface area contributed by atoms with Crippen molar-refractivity contribution in [3.63, 3.8) is 0 Å². The van der Waals surface area contributed by atoms with E-state index in [0.29, 0.717) is 32.1 Å². The van der Waals surface area contributed by atoms with E-state index >= 15 is 0 Å². The lowest BCUT2D eigenvalue weighted by Gasteiger charge is -2.35. The minimum absolute atomic E-state index is 0.0213. The van der Waals surface area contributed by atoms with Crippen molar-refractivity contribution in [1.29, 1.82) is 0 Å². The molecule has 0 aromatic heterocycles. The van der Waals surface area contributed by atoms with Gasteiger partial charge in [-0.1, -0.05) is 13.8 Å². The van der Waals surface area contributed by atoms with Crippen molar-refractivity contribution in [2.45, 2.75) is 57.5 Å². The first-order chi connectivity index (χ1) is 13.7. The maximum atomic E-state index is 13.0. The number of carbonyl (C=O) groups excluding carboxylic acids is 1. The van der Waals surface area contributed by atoms with Gasteiger partial charge in [-0.2, -0.15) is 0 Å². The molecule has 1 aromatic carbocycles. The van der Waals surface area contributed by atoms with Gasteiger partial charge < -0.3 is 9.64 Å². The Bertz CT molecular complexity index is 834. The number of sulfonamides is 1. The molecule has 3 rings (SSSR count). The number of rotatable bonds is 7. The van der Waals surface area contributed by atoms with E-state index in [4.69, 9.17) is 4.74 Å². The predicted octanol–water partition coefficient (Wildman–Crippen LogP) is 2.01. The van der Waals surface area contributed by atoms with Gasteiger partial charge in [0.15, 0.2) is 0 Å². The Kier molecular flexibility index (Phi) is 6.98. The Labute approximate surface area is 174 Å². The van der Waals surface area contributed by atoms with Gasteiger partial charge in [0.25, 0.3) is 0 Å². The molecule has 2 unspecified atom stereocenters. The summed E-state index contributed by atoms with van der Waals surface area (Å²) in [6.07, 6.45) is 1.60. The molecule has 1 amide bonds. The number of nitrogens with one attached hydrogen (secondary N) is 1. The van der Waals surface area contributed by atoms with Crippen LogP contribution in [0.1, 0.15) is 39.7 Å². The predicted molar refractivity (Wildman–Crippen MR) is 114 cm³/mol. The SMILES string of the molecule is CC(=O)N1c2ccc(S(=O)(=O)NCC(CC(C)C)N3CCOCC3)cc2CC1C. The first-order valence-corrected chi connectivity index (χ1v) is 11.9. The zero-order valence-electron chi connectivity index (χ0n) is 17.8. The highest BCUT2D eigenvalue weighted by Gasteiger charge is 2.30. The van der Waals surface area contributed by atoms with Crippen LogP contribution in [0.2, 0.25) is 0 Å². The molecule has 2 aliphatic rings. The van der Waals surface area contributed by atoms with E-state index in [1.54, 1.807) is 23.1 Å². The molecule has 29 heavy (non-hydrogen) atoms. The van der Waals surface area contributed by atoms with E-state index in [1.807, 2.05) is 6.92 Å². The molecule has 2 heterocycles. The molecule has 2 atom stereocenters. The number of carbonyl (C=O) groups is 1. The first-order valence-electron chi connectivity index (χ1n) is 10.4. The number of hydrogen-bond acceptors (Lipinski definition) is 5. The van der Waals surface area contributed by atoms with E-state index < -0.39 is 10.0 Å². The van der Waals surface area contributed by atoms with Crippen LogP contribution >= 0.6 is 0 Å². The first kappa shape index (κ1) is 22.2. The van der Waals surface area contributed by atoms with E-state index in [9.17, 15) is 13.2 Å². The molecular formula is C21H33N3O4S. The summed E-state index contributed by atoms with van der Waals surface area (Å²) in [5.41, 5.74) is 1.72. The van der Waals surface area contributed by atoms with Gasteiger partial charge in [-0.25, -0.2) is 13.1 Å². The van der Waals surface area contributed by atoms with E-state index in [2.05, 4.69) is 23.5 Å². The lowest BCUT2D eigenvalue weighted by Crippen LogP contribution is -2.49. The molecule has 1 aromatic rings. The van der Waals surface area contributed by atoms with Gasteiger partial charge in [0.1, 0.15) is 0 Å². The molecule has 0 saturated carbocycles. The van der Waals surface area contributed by atoms with Crippen molar-refractivity contribution in [2.24, 2.45) is 5.92 Å². The highest BCUT2D eigenvalue weighted by atomic mass is 32.2. The molecule has 0 bridgehead atoms. The zero-order chi connectivity index (χ0) is 21.2. The lowest BCUT2D eigenvalue weighted by atomic mass is 10.0. The second kappa shape index (κ2) is 9.12. The molecule has 1 N–H and O–H groups in total. The number of ether oxygens (including phenoxy) is 1. The van der Waals surface area contributed by atoms with Gasteiger partial charge in [0, 0.05) is 44.3 Å². The third-order valence-corrected chi connectivity index (χ3v) is 7.15. The number of morpholine rings is 1. The molecule has 8 heteroatoms. The molecule has 7 nitrogen and oxygen atoms in total. The summed E-state index contributed by atoms with van der Waals surface area (Å²) in [4.78, 5) is 16.2. The maximum absolute atomic E-state index is 13.0. The van der Waals surface area contributed by atoms with E-state index in [1.165, 1.54) is 6.92 Å². The number of hydrogen-bond donors (Lipinski definition) is 1. The number of amides is 1. The van der Waals surface area contributed by atoms with Gasteiger partial charge in [0.05, 0.1) is 18.1 Å². The summed E-state index contributed by atoms with van der Waals surface area (Å²) in [5.74, 6) is 0.457. The Balaban J connectivity index is 1.73. The molecule has 2 aliphatic heterocycles.